The number of hydrogen-bond donors (Lipinski definition) is 0. The average Bonchev–Trinajstić information content (AvgIpc) is 2.99. The molecule has 0 aliphatic heterocycles. The van der Waals surface area contributed by atoms with Crippen LogP contribution in [0.1, 0.15) is 24.5 Å². The number of halogens is 7. The third kappa shape index (κ3) is 6.70. The fourth-order valence-electron chi connectivity index (χ4n) is 4.79. The van der Waals surface area contributed by atoms with Gasteiger partial charge in [-0.2, -0.15) is 8.78 Å². The lowest BCUT2D eigenvalue weighted by molar-refractivity contribution is -0.187. The molecule has 44 heavy (non-hydrogen) atoms. The van der Waals surface area contributed by atoms with Crippen LogP contribution in [0.25, 0.3) is 33.4 Å². The maximum absolute atomic E-state index is 15.2. The van der Waals surface area contributed by atoms with E-state index in [9.17, 15) is 22.0 Å². The molecule has 224 valence electrons. The number of ether oxygens (including phenoxy) is 1. The molecule has 0 aliphatic carbocycles. The van der Waals surface area contributed by atoms with Crippen LogP contribution in [0.15, 0.2) is 109 Å². The highest BCUT2D eigenvalue weighted by Gasteiger charge is 2.38. The van der Waals surface area contributed by atoms with Gasteiger partial charge in [-0.25, -0.2) is 22.0 Å². The smallest absolute Gasteiger partial charge is 0.429 e. The highest BCUT2D eigenvalue weighted by atomic mass is 19.3. The van der Waals surface area contributed by atoms with Crippen LogP contribution in [0.3, 0.4) is 0 Å². The molecular weight excluding hydrogens is 581 g/mol. The van der Waals surface area contributed by atoms with Crippen molar-refractivity contribution in [3.63, 3.8) is 0 Å². The SMILES string of the molecule is CC=CCCc1ccc(-c2ccc(-c3ccc(-c4ccc(C(F)(F)Oc5ccc(F)c(F)c5)c(F)c4)c(F)c3)c(F)c2)cc1. The molecule has 0 fully saturated rings. The summed E-state index contributed by atoms with van der Waals surface area (Å²) < 4.78 is 105. The van der Waals surface area contributed by atoms with Crippen LogP contribution in [0.4, 0.5) is 30.7 Å². The number of rotatable bonds is 9. The summed E-state index contributed by atoms with van der Waals surface area (Å²) in [7, 11) is 0. The molecule has 0 aliphatic rings. The van der Waals surface area contributed by atoms with E-state index in [-0.39, 0.29) is 22.3 Å². The van der Waals surface area contributed by atoms with Gasteiger partial charge in [-0.3, -0.25) is 0 Å². The molecule has 0 spiro atoms. The molecule has 0 N–H and O–H groups in total. The van der Waals surface area contributed by atoms with Gasteiger partial charge in [0.05, 0.1) is 5.56 Å². The van der Waals surface area contributed by atoms with E-state index in [4.69, 9.17) is 0 Å². The Hall–Kier alpha value is -4.85. The summed E-state index contributed by atoms with van der Waals surface area (Å²) in [5, 5.41) is 0. The lowest BCUT2D eigenvalue weighted by Gasteiger charge is -2.19. The second-order valence-electron chi connectivity index (χ2n) is 10.1. The van der Waals surface area contributed by atoms with E-state index >= 15 is 8.78 Å². The maximum Gasteiger partial charge on any atom is 0.429 e. The van der Waals surface area contributed by atoms with Gasteiger partial charge in [0, 0.05) is 17.2 Å². The zero-order valence-electron chi connectivity index (χ0n) is 23.4. The number of benzene rings is 5. The monoisotopic (exact) mass is 606 g/mol. The van der Waals surface area contributed by atoms with Gasteiger partial charge >= 0.3 is 6.11 Å². The molecule has 0 heterocycles. The fraction of sp³-hybridized carbons (Fsp3) is 0.111. The molecule has 0 unspecified atom stereocenters. The summed E-state index contributed by atoms with van der Waals surface area (Å²) >= 11 is 0. The Morgan fingerprint density at radius 3 is 1.73 bits per heavy atom. The van der Waals surface area contributed by atoms with Gasteiger partial charge < -0.3 is 4.74 Å². The van der Waals surface area contributed by atoms with E-state index < -0.39 is 46.5 Å². The van der Waals surface area contributed by atoms with Crippen molar-refractivity contribution < 1.29 is 35.5 Å². The van der Waals surface area contributed by atoms with Gasteiger partial charge in [0.1, 0.15) is 23.2 Å². The van der Waals surface area contributed by atoms with Crippen molar-refractivity contribution in [2.45, 2.75) is 25.9 Å². The summed E-state index contributed by atoms with van der Waals surface area (Å²) in [6.45, 7) is 1.97. The fourth-order valence-corrected chi connectivity index (χ4v) is 4.79. The van der Waals surface area contributed by atoms with Crippen molar-refractivity contribution in [1.29, 1.82) is 0 Å². The van der Waals surface area contributed by atoms with E-state index in [0.717, 1.165) is 42.2 Å². The first-order valence-electron chi connectivity index (χ1n) is 13.7. The molecule has 0 bridgehead atoms. The van der Waals surface area contributed by atoms with Gasteiger partial charge in [-0.1, -0.05) is 66.7 Å². The number of aryl methyl sites for hydroxylation is 1. The summed E-state index contributed by atoms with van der Waals surface area (Å²) in [5.41, 5.74) is 1.70. The van der Waals surface area contributed by atoms with Gasteiger partial charge in [-0.15, -0.1) is 0 Å². The number of allylic oxidation sites excluding steroid dienone is 2. The van der Waals surface area contributed by atoms with E-state index in [2.05, 4.69) is 10.8 Å². The standard InChI is InChI=1S/C36H25F7O/c1-2-3-4-5-22-6-8-23(9-7-22)24-10-14-28(32(38)18-24)25-11-15-29(33(39)19-25)26-12-16-30(34(40)20-26)36(42,43)44-27-13-17-31(37)35(41)21-27/h2-3,6-21H,4-5H2,1H3. The molecule has 1 nitrogen and oxygen atoms in total. The minimum Gasteiger partial charge on any atom is -0.429 e. The van der Waals surface area contributed by atoms with Crippen LogP contribution in [-0.4, -0.2) is 0 Å². The van der Waals surface area contributed by atoms with Gasteiger partial charge in [0.2, 0.25) is 0 Å². The van der Waals surface area contributed by atoms with Gasteiger partial charge in [-0.05, 0) is 84.0 Å². The molecule has 0 atom stereocenters. The molecule has 0 saturated heterocycles. The first kappa shape index (κ1) is 30.6. The summed E-state index contributed by atoms with van der Waals surface area (Å²) in [4.78, 5) is 0. The Morgan fingerprint density at radius 1 is 0.568 bits per heavy atom. The first-order chi connectivity index (χ1) is 21.1. The topological polar surface area (TPSA) is 9.23 Å². The predicted octanol–water partition coefficient (Wildman–Crippen LogP) is 11.0. The van der Waals surface area contributed by atoms with Crippen molar-refractivity contribution in [2.24, 2.45) is 0 Å². The van der Waals surface area contributed by atoms with E-state index in [1.54, 1.807) is 12.1 Å². The minimum atomic E-state index is -4.24. The van der Waals surface area contributed by atoms with Crippen molar-refractivity contribution in [3.05, 3.63) is 149 Å². The second kappa shape index (κ2) is 12.8. The lowest BCUT2D eigenvalue weighted by atomic mass is 9.96. The largest absolute Gasteiger partial charge is 0.429 e. The zero-order valence-corrected chi connectivity index (χ0v) is 23.4. The number of alkyl halides is 2. The quantitative estimate of drug-likeness (QED) is 0.120. The van der Waals surface area contributed by atoms with Crippen LogP contribution in [0, 0.1) is 29.1 Å². The summed E-state index contributed by atoms with van der Waals surface area (Å²) in [5.74, 6) is -6.19. The Morgan fingerprint density at radius 2 is 1.14 bits per heavy atom. The normalized spacial score (nSPS) is 11.7. The molecular formula is C36H25F7O. The summed E-state index contributed by atoms with van der Waals surface area (Å²) in [6, 6.07) is 20.6. The zero-order chi connectivity index (χ0) is 31.4. The number of hydrogen-bond acceptors (Lipinski definition) is 1. The molecule has 5 aromatic carbocycles. The minimum absolute atomic E-state index is 0.0519. The van der Waals surface area contributed by atoms with Gasteiger partial charge in [0.15, 0.2) is 11.6 Å². The molecule has 0 saturated carbocycles. The second-order valence-corrected chi connectivity index (χ2v) is 10.1. The molecule has 5 rings (SSSR count). The first-order valence-corrected chi connectivity index (χ1v) is 13.7. The van der Waals surface area contributed by atoms with E-state index in [0.29, 0.717) is 29.8 Å². The Labute approximate surface area is 249 Å². The lowest BCUT2D eigenvalue weighted by Crippen LogP contribution is -2.23. The Balaban J connectivity index is 1.34. The van der Waals surface area contributed by atoms with Crippen molar-refractivity contribution >= 4 is 0 Å². The van der Waals surface area contributed by atoms with Crippen LogP contribution >= 0.6 is 0 Å². The van der Waals surface area contributed by atoms with Crippen molar-refractivity contribution in [1.82, 2.24) is 0 Å². The van der Waals surface area contributed by atoms with Crippen LogP contribution in [0.5, 0.6) is 5.75 Å². The van der Waals surface area contributed by atoms with E-state index in [1.807, 2.05) is 37.3 Å². The Bertz CT molecular complexity index is 1830. The molecule has 0 aromatic heterocycles. The molecule has 8 heteroatoms. The highest BCUT2D eigenvalue weighted by Crippen LogP contribution is 2.37. The van der Waals surface area contributed by atoms with Gasteiger partial charge in [0.25, 0.3) is 0 Å². The highest BCUT2D eigenvalue weighted by molar-refractivity contribution is 5.74. The Kier molecular flexibility index (Phi) is 8.90. The summed E-state index contributed by atoms with van der Waals surface area (Å²) in [6.07, 6.45) is 1.68. The van der Waals surface area contributed by atoms with Crippen molar-refractivity contribution in [3.8, 4) is 39.1 Å². The van der Waals surface area contributed by atoms with Crippen molar-refractivity contribution in [2.75, 3.05) is 0 Å². The maximum atomic E-state index is 15.2. The van der Waals surface area contributed by atoms with Crippen LogP contribution in [-0.2, 0) is 12.5 Å². The van der Waals surface area contributed by atoms with E-state index in [1.165, 1.54) is 18.2 Å². The van der Waals surface area contributed by atoms with Crippen LogP contribution in [0.2, 0.25) is 0 Å². The molecule has 0 amide bonds. The third-order valence-electron chi connectivity index (χ3n) is 7.10. The third-order valence-corrected chi connectivity index (χ3v) is 7.10. The average molecular weight is 607 g/mol. The molecule has 0 radical (unpaired) electrons. The predicted molar refractivity (Wildman–Crippen MR) is 157 cm³/mol. The molecule has 5 aromatic rings. The van der Waals surface area contributed by atoms with Crippen LogP contribution < -0.4 is 4.74 Å².